The molecule has 2 aromatic carbocycles. The van der Waals surface area contributed by atoms with Gasteiger partial charge >= 0.3 is 38.6 Å². The first-order valence-corrected chi connectivity index (χ1v) is 22.7. The maximum atomic E-state index is 4.99. The summed E-state index contributed by atoms with van der Waals surface area (Å²) in [5.41, 5.74) is 2.37. The summed E-state index contributed by atoms with van der Waals surface area (Å²) in [6.07, 6.45) is 11.7. The zero-order valence-electron chi connectivity index (χ0n) is 15.9. The maximum absolute atomic E-state index is 4.99. The molecule has 0 aliphatic heterocycles. The molecule has 1 N–H and O–H groups in total. The molecule has 0 fully saturated rings. The average molecular weight is 603 g/mol. The van der Waals surface area contributed by atoms with Gasteiger partial charge in [0.1, 0.15) is 0 Å². The van der Waals surface area contributed by atoms with Crippen LogP contribution >= 0.6 is 16.5 Å². The summed E-state index contributed by atoms with van der Waals surface area (Å²) in [5, 5.41) is 3.33. The molecule has 3 nitrogen and oxygen atoms in total. The van der Waals surface area contributed by atoms with E-state index in [-0.39, 0.29) is 0 Å². The molecule has 0 amide bonds. The van der Waals surface area contributed by atoms with Crippen LogP contribution in [0.2, 0.25) is 0 Å². The van der Waals surface area contributed by atoms with E-state index in [2.05, 4.69) is 51.7 Å². The van der Waals surface area contributed by atoms with Gasteiger partial charge in [-0.25, -0.2) is 0 Å². The van der Waals surface area contributed by atoms with Crippen molar-refractivity contribution in [3.63, 3.8) is 0 Å². The zero-order chi connectivity index (χ0) is 20.1. The third-order valence-corrected chi connectivity index (χ3v) is 3.39. The van der Waals surface area contributed by atoms with Crippen LogP contribution in [-0.4, -0.2) is 38.6 Å². The molecule has 144 valence electrons. The Labute approximate surface area is 187 Å². The van der Waals surface area contributed by atoms with Crippen LogP contribution in [0, 0.1) is 0 Å². The molecule has 6 heteroatoms. The summed E-state index contributed by atoms with van der Waals surface area (Å²) in [7, 11) is 9.97. The van der Waals surface area contributed by atoms with Crippen molar-refractivity contribution in [2.75, 3.05) is 26.2 Å². The topological polar surface area (TPSA) is 36.8 Å². The number of halogens is 2. The number of benzene rings is 2. The molecule has 0 saturated heterocycles. The van der Waals surface area contributed by atoms with Crippen LogP contribution in [0.3, 0.4) is 0 Å². The molecule has 0 heterocycles. The first kappa shape index (κ1) is 24.8. The zero-order valence-corrected chi connectivity index (χ0v) is 22.9. The second kappa shape index (κ2) is 19.1. The standard InChI is InChI=1S/C22H25N3.2ClH.Hg/c1-3-9-21(10-4-1)13-7-15-23-17-19-25-20-18-24-16-8-14-22-11-5-2-6-12-22;;;/h1-16,25H,17-20H2;2*1H;/q;;;+2/p-2/b13-7+,14-8+,23-15?,24-16?;;;. The third-order valence-electron chi connectivity index (χ3n) is 3.39. The van der Waals surface area contributed by atoms with E-state index in [1.807, 2.05) is 61.0 Å². The van der Waals surface area contributed by atoms with Gasteiger partial charge in [0.05, 0.1) is 13.1 Å². The number of hydrogen-bond donors (Lipinski definition) is 1. The van der Waals surface area contributed by atoms with E-state index in [4.69, 9.17) is 16.5 Å². The summed E-state index contributed by atoms with van der Waals surface area (Å²) in [5.74, 6) is 0. The molecule has 0 atom stereocenters. The molecule has 0 aliphatic carbocycles. The van der Waals surface area contributed by atoms with Crippen molar-refractivity contribution in [3.8, 4) is 0 Å². The fourth-order valence-corrected chi connectivity index (χ4v) is 2.12. The van der Waals surface area contributed by atoms with Crippen molar-refractivity contribution < 1.29 is 22.1 Å². The minimum absolute atomic E-state index is 0.775. The van der Waals surface area contributed by atoms with Crippen LogP contribution < -0.4 is 5.32 Å². The second-order valence-corrected chi connectivity index (χ2v) is 13.4. The Kier molecular flexibility index (Phi) is 16.9. The Morgan fingerprint density at radius 2 is 1.11 bits per heavy atom. The van der Waals surface area contributed by atoms with Crippen molar-refractivity contribution in [2.24, 2.45) is 9.98 Å². The summed E-state index contributed by atoms with van der Waals surface area (Å²) >= 11 is -1.14. The van der Waals surface area contributed by atoms with Crippen LogP contribution in [0.15, 0.2) is 82.8 Å². The SMILES string of the molecule is C(/C=C/c1ccccc1)=NCCNCCN=C/C=C/c1ccccc1.[Cl][Hg][Cl]. The van der Waals surface area contributed by atoms with Gasteiger partial charge < -0.3 is 5.32 Å². The van der Waals surface area contributed by atoms with Gasteiger partial charge in [-0.05, 0) is 23.3 Å². The van der Waals surface area contributed by atoms with E-state index in [9.17, 15) is 0 Å². The monoisotopic (exact) mass is 603 g/mol. The fraction of sp³-hybridized carbons (Fsp3) is 0.182. The van der Waals surface area contributed by atoms with Crippen LogP contribution in [0.1, 0.15) is 11.1 Å². The Morgan fingerprint density at radius 1 is 0.714 bits per heavy atom. The van der Waals surface area contributed by atoms with E-state index in [0.29, 0.717) is 0 Å². The Hall–Kier alpha value is -1.26. The molecule has 0 aromatic heterocycles. The molecule has 0 bridgehead atoms. The quantitative estimate of drug-likeness (QED) is 0.217. The van der Waals surface area contributed by atoms with Crippen LogP contribution in [0.4, 0.5) is 0 Å². The number of allylic oxidation sites excluding steroid dienone is 2. The normalized spacial score (nSPS) is 11.2. The molecule has 0 unspecified atom stereocenters. The first-order chi connectivity index (χ1) is 13.9. The van der Waals surface area contributed by atoms with Crippen molar-refractivity contribution in [1.82, 2.24) is 5.32 Å². The van der Waals surface area contributed by atoms with E-state index in [0.717, 1.165) is 26.2 Å². The Morgan fingerprint density at radius 3 is 1.50 bits per heavy atom. The molecule has 0 saturated carbocycles. The van der Waals surface area contributed by atoms with Gasteiger partial charge in [0.15, 0.2) is 0 Å². The Balaban J connectivity index is 0.00000122. The number of rotatable bonds is 10. The van der Waals surface area contributed by atoms with Crippen molar-refractivity contribution >= 4 is 41.1 Å². The summed E-state index contributed by atoms with van der Waals surface area (Å²) < 4.78 is 0. The van der Waals surface area contributed by atoms with Crippen molar-refractivity contribution in [1.29, 1.82) is 0 Å². The van der Waals surface area contributed by atoms with Gasteiger partial charge in [-0.1, -0.05) is 72.8 Å². The summed E-state index contributed by atoms with van der Waals surface area (Å²) in [6.45, 7) is 3.28. The first-order valence-electron chi connectivity index (χ1n) is 9.12. The Bertz CT molecular complexity index is 656. The average Bonchev–Trinajstić information content (AvgIpc) is 2.73. The molecule has 0 aliphatic rings. The van der Waals surface area contributed by atoms with Gasteiger partial charge in [0, 0.05) is 25.5 Å². The van der Waals surface area contributed by atoms with E-state index in [1.165, 1.54) is 11.1 Å². The number of nitrogens with one attached hydrogen (secondary N) is 1. The third kappa shape index (κ3) is 14.8. The molecule has 2 aromatic rings. The molecular formula is C22H25Cl2HgN3. The molecule has 2 rings (SSSR count). The predicted molar refractivity (Wildman–Crippen MR) is 122 cm³/mol. The molecule has 0 spiro atoms. The predicted octanol–water partition coefficient (Wildman–Crippen LogP) is 5.52. The number of hydrogen-bond acceptors (Lipinski definition) is 3. The van der Waals surface area contributed by atoms with Gasteiger partial charge in [-0.15, -0.1) is 0 Å². The van der Waals surface area contributed by atoms with Gasteiger partial charge in [-0.3, -0.25) is 9.98 Å². The van der Waals surface area contributed by atoms with Gasteiger partial charge in [0.2, 0.25) is 0 Å². The van der Waals surface area contributed by atoms with Gasteiger partial charge in [0.25, 0.3) is 0 Å². The molecule has 28 heavy (non-hydrogen) atoms. The molecule has 0 radical (unpaired) electrons. The number of aliphatic imine (C=N–C) groups is 2. The second-order valence-electron chi connectivity index (χ2n) is 5.50. The molecular weight excluding hydrogens is 578 g/mol. The summed E-state index contributed by atoms with van der Waals surface area (Å²) in [4.78, 5) is 8.69. The van der Waals surface area contributed by atoms with Crippen molar-refractivity contribution in [3.05, 3.63) is 83.9 Å². The van der Waals surface area contributed by atoms with Crippen LogP contribution in [-0.2, 0) is 22.1 Å². The van der Waals surface area contributed by atoms with Gasteiger partial charge in [-0.2, -0.15) is 0 Å². The van der Waals surface area contributed by atoms with E-state index >= 15 is 0 Å². The van der Waals surface area contributed by atoms with E-state index < -0.39 is 22.1 Å². The van der Waals surface area contributed by atoms with Crippen LogP contribution in [0.25, 0.3) is 12.2 Å². The summed E-state index contributed by atoms with van der Waals surface area (Å²) in [6, 6.07) is 20.4. The number of nitrogens with zero attached hydrogens (tertiary/aromatic N) is 2. The van der Waals surface area contributed by atoms with Crippen LogP contribution in [0.5, 0.6) is 0 Å². The fourth-order valence-electron chi connectivity index (χ4n) is 2.12. The van der Waals surface area contributed by atoms with Crippen molar-refractivity contribution in [2.45, 2.75) is 0 Å². The van der Waals surface area contributed by atoms with E-state index in [1.54, 1.807) is 0 Å². The minimum atomic E-state index is -1.14.